The molecule has 3 unspecified atom stereocenters. The van der Waals surface area contributed by atoms with Gasteiger partial charge in [-0.25, -0.2) is 0 Å². The first-order chi connectivity index (χ1) is 10.9. The predicted octanol–water partition coefficient (Wildman–Crippen LogP) is 4.23. The molecular weight excluding hydrogens is 303 g/mol. The Kier molecular flexibility index (Phi) is 4.70. The molecule has 0 aliphatic heterocycles. The maximum Gasteiger partial charge on any atom is 0.416 e. The lowest BCUT2D eigenvalue weighted by Gasteiger charge is -2.34. The highest BCUT2D eigenvalue weighted by Gasteiger charge is 2.46. The standard InChI is InChI=1S/C18H24F3NO/c1-11-13-5-6-16(22)17(11)14(8-13)10-23-9-12-3-2-4-15(7-12)18(19,20)21/h2-4,7,11,13-14,16-17H,5-6,8-10,22H2,1H3/t11-,13?,14-,16?,17?/m1/s1. The number of ether oxygens (including phenoxy) is 1. The molecule has 2 fully saturated rings. The van der Waals surface area contributed by atoms with E-state index in [1.54, 1.807) is 6.07 Å². The molecule has 5 atom stereocenters. The summed E-state index contributed by atoms with van der Waals surface area (Å²) in [4.78, 5) is 0. The number of hydrogen-bond donors (Lipinski definition) is 1. The van der Waals surface area contributed by atoms with Gasteiger partial charge in [0.25, 0.3) is 0 Å². The number of benzene rings is 1. The fourth-order valence-corrected chi connectivity index (χ4v) is 4.57. The van der Waals surface area contributed by atoms with Gasteiger partial charge in [0, 0.05) is 6.04 Å². The molecule has 0 aromatic heterocycles. The SMILES string of the molecule is C[C@@H]1C2CCC(N)C1[C@@H](COCc1cccc(C(F)(F)F)c1)C2. The Morgan fingerprint density at radius 1 is 1.26 bits per heavy atom. The fraction of sp³-hybridized carbons (Fsp3) is 0.667. The van der Waals surface area contributed by atoms with Crippen molar-refractivity contribution in [2.24, 2.45) is 29.4 Å². The van der Waals surface area contributed by atoms with E-state index in [-0.39, 0.29) is 12.6 Å². The zero-order chi connectivity index (χ0) is 16.6. The summed E-state index contributed by atoms with van der Waals surface area (Å²) >= 11 is 0. The van der Waals surface area contributed by atoms with Crippen molar-refractivity contribution in [1.82, 2.24) is 0 Å². The van der Waals surface area contributed by atoms with Crippen LogP contribution in [0.25, 0.3) is 0 Å². The van der Waals surface area contributed by atoms with Crippen molar-refractivity contribution in [3.63, 3.8) is 0 Å². The van der Waals surface area contributed by atoms with E-state index in [0.717, 1.165) is 24.8 Å². The van der Waals surface area contributed by atoms with Gasteiger partial charge in [-0.2, -0.15) is 13.2 Å². The van der Waals surface area contributed by atoms with Crippen molar-refractivity contribution < 1.29 is 17.9 Å². The third-order valence-electron chi connectivity index (χ3n) is 5.72. The van der Waals surface area contributed by atoms with Crippen LogP contribution < -0.4 is 5.73 Å². The number of nitrogens with two attached hydrogens (primary N) is 1. The van der Waals surface area contributed by atoms with Crippen LogP contribution in [0, 0.1) is 23.7 Å². The Morgan fingerprint density at radius 2 is 2.04 bits per heavy atom. The number of fused-ring (bicyclic) bond motifs is 2. The van der Waals surface area contributed by atoms with Gasteiger partial charge in [-0.3, -0.25) is 0 Å². The highest BCUT2D eigenvalue weighted by atomic mass is 19.4. The molecule has 0 saturated heterocycles. The lowest BCUT2D eigenvalue weighted by molar-refractivity contribution is -0.137. The molecule has 5 heteroatoms. The quantitative estimate of drug-likeness (QED) is 0.898. The summed E-state index contributed by atoms with van der Waals surface area (Å²) in [7, 11) is 0. The van der Waals surface area contributed by atoms with Crippen molar-refractivity contribution in [2.45, 2.75) is 45.0 Å². The largest absolute Gasteiger partial charge is 0.416 e. The van der Waals surface area contributed by atoms with Gasteiger partial charge >= 0.3 is 6.18 Å². The Hall–Kier alpha value is -1.07. The second-order valence-electron chi connectivity index (χ2n) is 7.15. The second kappa shape index (κ2) is 6.44. The van der Waals surface area contributed by atoms with Crippen molar-refractivity contribution in [3.05, 3.63) is 35.4 Å². The first-order valence-electron chi connectivity index (χ1n) is 8.35. The smallest absolute Gasteiger partial charge is 0.376 e. The van der Waals surface area contributed by atoms with Crippen LogP contribution in [0.2, 0.25) is 0 Å². The van der Waals surface area contributed by atoms with Crippen LogP contribution in [0.4, 0.5) is 13.2 Å². The summed E-state index contributed by atoms with van der Waals surface area (Å²) in [6.07, 6.45) is -0.879. The second-order valence-corrected chi connectivity index (χ2v) is 7.15. The molecule has 2 saturated carbocycles. The van der Waals surface area contributed by atoms with E-state index < -0.39 is 11.7 Å². The van der Waals surface area contributed by atoms with Crippen LogP contribution in [0.15, 0.2) is 24.3 Å². The lowest BCUT2D eigenvalue weighted by Crippen LogP contribution is -2.40. The molecule has 2 aliphatic carbocycles. The summed E-state index contributed by atoms with van der Waals surface area (Å²) < 4.78 is 43.9. The van der Waals surface area contributed by atoms with Crippen LogP contribution >= 0.6 is 0 Å². The Bertz CT molecular complexity index is 545. The van der Waals surface area contributed by atoms with Crippen molar-refractivity contribution in [2.75, 3.05) is 6.61 Å². The summed E-state index contributed by atoms with van der Waals surface area (Å²) in [6.45, 7) is 3.10. The maximum absolute atomic E-state index is 12.7. The van der Waals surface area contributed by atoms with Crippen LogP contribution in [0.5, 0.6) is 0 Å². The predicted molar refractivity (Wildman–Crippen MR) is 82.6 cm³/mol. The van der Waals surface area contributed by atoms with Gasteiger partial charge in [0.1, 0.15) is 0 Å². The lowest BCUT2D eigenvalue weighted by atomic mass is 9.75. The van der Waals surface area contributed by atoms with Crippen LogP contribution in [0.3, 0.4) is 0 Å². The van der Waals surface area contributed by atoms with E-state index in [9.17, 15) is 13.2 Å². The molecule has 1 aromatic carbocycles. The third kappa shape index (κ3) is 3.56. The fourth-order valence-electron chi connectivity index (χ4n) is 4.57. The Balaban J connectivity index is 1.56. The molecular formula is C18H24F3NO. The van der Waals surface area contributed by atoms with Crippen molar-refractivity contribution in [1.29, 1.82) is 0 Å². The molecule has 2 N–H and O–H groups in total. The summed E-state index contributed by atoms with van der Waals surface area (Å²) in [6, 6.07) is 5.61. The average Bonchev–Trinajstić information content (AvgIpc) is 2.69. The summed E-state index contributed by atoms with van der Waals surface area (Å²) in [5.41, 5.74) is 6.22. The van der Waals surface area contributed by atoms with Crippen molar-refractivity contribution in [3.8, 4) is 0 Å². The van der Waals surface area contributed by atoms with Gasteiger partial charge in [-0.15, -0.1) is 0 Å². The molecule has 128 valence electrons. The molecule has 2 nitrogen and oxygen atoms in total. The number of hydrogen-bond acceptors (Lipinski definition) is 2. The molecule has 0 heterocycles. The minimum absolute atomic E-state index is 0.224. The maximum atomic E-state index is 12.7. The summed E-state index contributed by atoms with van der Waals surface area (Å²) in [5.74, 6) is 2.32. The van der Waals surface area contributed by atoms with Crippen LogP contribution in [-0.4, -0.2) is 12.6 Å². The van der Waals surface area contributed by atoms with Crippen molar-refractivity contribution >= 4 is 0 Å². The van der Waals surface area contributed by atoms with Gasteiger partial charge < -0.3 is 10.5 Å². The molecule has 0 radical (unpaired) electrons. The average molecular weight is 327 g/mol. The van der Waals surface area contributed by atoms with E-state index in [0.29, 0.717) is 29.9 Å². The molecule has 2 bridgehead atoms. The van der Waals surface area contributed by atoms with Crippen LogP contribution in [-0.2, 0) is 17.5 Å². The monoisotopic (exact) mass is 327 g/mol. The van der Waals surface area contributed by atoms with Gasteiger partial charge in [0.05, 0.1) is 18.8 Å². The first kappa shape index (κ1) is 16.8. The zero-order valence-corrected chi connectivity index (χ0v) is 13.4. The molecule has 0 amide bonds. The third-order valence-corrected chi connectivity index (χ3v) is 5.72. The van der Waals surface area contributed by atoms with Gasteiger partial charge in [0.15, 0.2) is 0 Å². The molecule has 3 rings (SSSR count). The number of alkyl halides is 3. The van der Waals surface area contributed by atoms with E-state index in [1.807, 2.05) is 0 Å². The Morgan fingerprint density at radius 3 is 2.78 bits per heavy atom. The minimum atomic E-state index is -4.30. The molecule has 1 aromatic rings. The zero-order valence-electron chi connectivity index (χ0n) is 13.4. The highest BCUT2D eigenvalue weighted by Crippen LogP contribution is 2.49. The van der Waals surface area contributed by atoms with Gasteiger partial charge in [0.2, 0.25) is 0 Å². The highest BCUT2D eigenvalue weighted by molar-refractivity contribution is 5.25. The van der Waals surface area contributed by atoms with E-state index in [1.165, 1.54) is 18.6 Å². The normalized spacial score (nSPS) is 33.9. The van der Waals surface area contributed by atoms with Crippen LogP contribution in [0.1, 0.15) is 37.3 Å². The number of rotatable bonds is 4. The molecule has 23 heavy (non-hydrogen) atoms. The topological polar surface area (TPSA) is 35.2 Å². The van der Waals surface area contributed by atoms with E-state index >= 15 is 0 Å². The molecule has 0 spiro atoms. The first-order valence-corrected chi connectivity index (χ1v) is 8.35. The summed E-state index contributed by atoms with van der Waals surface area (Å²) in [5, 5.41) is 0. The van der Waals surface area contributed by atoms with Gasteiger partial charge in [-0.05, 0) is 60.6 Å². The number of halogens is 3. The van der Waals surface area contributed by atoms with E-state index in [2.05, 4.69) is 6.92 Å². The Labute approximate surface area is 135 Å². The minimum Gasteiger partial charge on any atom is -0.376 e. The molecule has 2 aliphatic rings. The van der Waals surface area contributed by atoms with E-state index in [4.69, 9.17) is 10.5 Å². The van der Waals surface area contributed by atoms with Gasteiger partial charge in [-0.1, -0.05) is 19.1 Å².